The van der Waals surface area contributed by atoms with Crippen LogP contribution in [0, 0.1) is 10.9 Å². The van der Waals surface area contributed by atoms with Crippen molar-refractivity contribution in [3.05, 3.63) is 55.2 Å². The van der Waals surface area contributed by atoms with Gasteiger partial charge in [0.2, 0.25) is 5.88 Å². The fraction of sp³-hybridized carbons (Fsp3) is 0.133. The van der Waals surface area contributed by atoms with Crippen molar-refractivity contribution in [2.75, 3.05) is 0 Å². The zero-order valence-corrected chi connectivity index (χ0v) is 14.1. The number of aliphatic imine (C=N–C) groups is 1. The van der Waals surface area contributed by atoms with E-state index in [-0.39, 0.29) is 11.4 Å². The molecule has 0 aliphatic carbocycles. The number of aromatic hydroxyl groups is 1. The summed E-state index contributed by atoms with van der Waals surface area (Å²) in [5.41, 5.74) is 1.61. The van der Waals surface area contributed by atoms with Crippen molar-refractivity contribution in [3.63, 3.8) is 0 Å². The van der Waals surface area contributed by atoms with Crippen LogP contribution in [0.5, 0.6) is 5.88 Å². The average Bonchev–Trinajstić information content (AvgIpc) is 2.96. The Hall–Kier alpha value is -2.45. The van der Waals surface area contributed by atoms with E-state index in [1.807, 2.05) is 37.3 Å². The highest BCUT2D eigenvalue weighted by molar-refractivity contribution is 7.73. The Morgan fingerprint density at radius 2 is 2.04 bits per heavy atom. The van der Waals surface area contributed by atoms with Crippen molar-refractivity contribution in [3.8, 4) is 11.6 Å². The Kier molecular flexibility index (Phi) is 4.01. The molecule has 2 aromatic heterocycles. The molecule has 0 amide bonds. The molecule has 0 radical (unpaired) electrons. The number of aromatic amines is 1. The molecule has 0 saturated heterocycles. The zero-order valence-electron chi connectivity index (χ0n) is 12.5. The van der Waals surface area contributed by atoms with Crippen LogP contribution in [0.1, 0.15) is 10.6 Å². The van der Waals surface area contributed by atoms with E-state index in [4.69, 9.17) is 12.2 Å². The molecule has 23 heavy (non-hydrogen) atoms. The third-order valence-corrected chi connectivity index (χ3v) is 4.65. The third kappa shape index (κ3) is 2.78. The van der Waals surface area contributed by atoms with Crippen LogP contribution in [0.25, 0.3) is 5.69 Å². The first-order valence-electron chi connectivity index (χ1n) is 6.79. The number of para-hydroxylation sites is 1. The summed E-state index contributed by atoms with van der Waals surface area (Å²) in [5.74, 6) is -0.0410. The first kappa shape index (κ1) is 15.4. The Labute approximate surface area is 141 Å². The monoisotopic (exact) mass is 346 g/mol. The van der Waals surface area contributed by atoms with Gasteiger partial charge in [-0.25, -0.2) is 9.67 Å². The predicted octanol–water partition coefficient (Wildman–Crippen LogP) is 3.06. The smallest absolute Gasteiger partial charge is 0.297 e. The molecular formula is C15H14N4O2S2. The van der Waals surface area contributed by atoms with E-state index in [9.17, 15) is 9.90 Å². The van der Waals surface area contributed by atoms with Crippen LogP contribution in [-0.4, -0.2) is 25.7 Å². The second-order valence-electron chi connectivity index (χ2n) is 4.90. The Bertz CT molecular complexity index is 993. The number of thiazole rings is 1. The van der Waals surface area contributed by atoms with Crippen molar-refractivity contribution in [2.24, 2.45) is 12.0 Å². The molecule has 0 atom stereocenters. The van der Waals surface area contributed by atoms with Gasteiger partial charge in [-0.15, -0.1) is 0 Å². The van der Waals surface area contributed by atoms with Crippen LogP contribution in [0.3, 0.4) is 0 Å². The maximum atomic E-state index is 12.7. The van der Waals surface area contributed by atoms with Crippen molar-refractivity contribution >= 4 is 35.5 Å². The normalized spacial score (nSPS) is 11.4. The molecule has 6 nitrogen and oxygen atoms in total. The average molecular weight is 346 g/mol. The lowest BCUT2D eigenvalue weighted by Gasteiger charge is -2.07. The number of rotatable bonds is 3. The number of hydrogen-bond acceptors (Lipinski definition) is 5. The highest BCUT2D eigenvalue weighted by Gasteiger charge is 2.15. The summed E-state index contributed by atoms with van der Waals surface area (Å²) in [6.07, 6.45) is 1.45. The van der Waals surface area contributed by atoms with E-state index in [1.54, 1.807) is 16.4 Å². The highest BCUT2D eigenvalue weighted by Crippen LogP contribution is 2.21. The minimum Gasteiger partial charge on any atom is -0.494 e. The molecule has 8 heteroatoms. The van der Waals surface area contributed by atoms with E-state index >= 15 is 0 Å². The van der Waals surface area contributed by atoms with Crippen LogP contribution in [0.4, 0.5) is 5.69 Å². The Morgan fingerprint density at radius 1 is 1.35 bits per heavy atom. The number of nitrogens with one attached hydrogen (secondary N) is 1. The molecule has 2 heterocycles. The molecule has 1 aromatic carbocycles. The number of H-pyrrole nitrogens is 1. The van der Waals surface area contributed by atoms with Gasteiger partial charge < -0.3 is 10.1 Å². The summed E-state index contributed by atoms with van der Waals surface area (Å²) < 4.78 is 3.76. The van der Waals surface area contributed by atoms with Crippen LogP contribution in [0.2, 0.25) is 0 Å². The van der Waals surface area contributed by atoms with Crippen molar-refractivity contribution in [2.45, 2.75) is 6.92 Å². The number of nitrogens with zero attached hydrogens (tertiary/aromatic N) is 3. The summed E-state index contributed by atoms with van der Waals surface area (Å²) in [6.45, 7) is 1.83. The van der Waals surface area contributed by atoms with E-state index in [0.717, 1.165) is 11.4 Å². The van der Waals surface area contributed by atoms with Crippen LogP contribution < -0.4 is 5.56 Å². The van der Waals surface area contributed by atoms with Crippen LogP contribution >= 0.6 is 23.6 Å². The van der Waals surface area contributed by atoms with Gasteiger partial charge in [-0.3, -0.25) is 9.48 Å². The fourth-order valence-electron chi connectivity index (χ4n) is 2.25. The lowest BCUT2D eigenvalue weighted by molar-refractivity contribution is 0.456. The Morgan fingerprint density at radius 3 is 2.65 bits per heavy atom. The number of hydrogen-bond donors (Lipinski definition) is 2. The molecule has 0 fully saturated rings. The first-order chi connectivity index (χ1) is 11.0. The number of aromatic nitrogens is 3. The fourth-order valence-corrected chi connectivity index (χ4v) is 3.21. The molecule has 0 unspecified atom stereocenters. The summed E-state index contributed by atoms with van der Waals surface area (Å²) >= 11 is 6.16. The number of benzene rings is 1. The van der Waals surface area contributed by atoms with Crippen LogP contribution in [-0.2, 0) is 7.05 Å². The summed E-state index contributed by atoms with van der Waals surface area (Å²) in [5, 5.41) is 9.69. The zero-order chi connectivity index (χ0) is 16.6. The highest BCUT2D eigenvalue weighted by atomic mass is 32.1. The van der Waals surface area contributed by atoms with Crippen molar-refractivity contribution in [1.82, 2.24) is 14.3 Å². The van der Waals surface area contributed by atoms with Gasteiger partial charge in [0.25, 0.3) is 5.56 Å². The molecule has 118 valence electrons. The lowest BCUT2D eigenvalue weighted by atomic mass is 10.3. The summed E-state index contributed by atoms with van der Waals surface area (Å²) in [6, 6.07) is 9.36. The van der Waals surface area contributed by atoms with Gasteiger partial charge in [-0.05, 0) is 31.3 Å². The first-order valence-corrected chi connectivity index (χ1v) is 8.01. The molecule has 0 aliphatic heterocycles. The minimum atomic E-state index is -0.217. The topological polar surface area (TPSA) is 75.3 Å². The molecule has 0 bridgehead atoms. The van der Waals surface area contributed by atoms with Gasteiger partial charge in [0, 0.05) is 7.05 Å². The molecule has 0 aliphatic rings. The largest absolute Gasteiger partial charge is 0.494 e. The van der Waals surface area contributed by atoms with Gasteiger partial charge in [-0.1, -0.05) is 29.5 Å². The molecule has 3 aromatic rings. The SMILES string of the molecule is Cc1c(N=Cc2sc(=S)[nH]c2O)c(=O)n(-c2ccccc2)n1C. The van der Waals surface area contributed by atoms with Crippen LogP contribution in [0.15, 0.2) is 40.1 Å². The van der Waals surface area contributed by atoms with E-state index < -0.39 is 0 Å². The van der Waals surface area contributed by atoms with Crippen molar-refractivity contribution in [1.29, 1.82) is 0 Å². The van der Waals surface area contributed by atoms with Gasteiger partial charge in [0.1, 0.15) is 4.88 Å². The second kappa shape index (κ2) is 5.98. The molecule has 2 N–H and O–H groups in total. The molecule has 0 spiro atoms. The standard InChI is InChI=1S/C15H14N4O2S2/c1-9-12(16-8-11-13(20)17-15(22)23-11)14(21)19(18(9)2)10-6-4-3-5-7-10/h3-8,20H,1-2H3,(H,17,22). The minimum absolute atomic E-state index is 0.0410. The van der Waals surface area contributed by atoms with Gasteiger partial charge in [0.15, 0.2) is 9.64 Å². The maximum Gasteiger partial charge on any atom is 0.297 e. The quantitative estimate of drug-likeness (QED) is 0.565. The van der Waals surface area contributed by atoms with Gasteiger partial charge >= 0.3 is 0 Å². The van der Waals surface area contributed by atoms with Gasteiger partial charge in [-0.2, -0.15) is 0 Å². The van der Waals surface area contributed by atoms with E-state index in [1.165, 1.54) is 17.6 Å². The summed E-state index contributed by atoms with van der Waals surface area (Å²) in [4.78, 5) is 20.0. The lowest BCUT2D eigenvalue weighted by Crippen LogP contribution is -2.19. The van der Waals surface area contributed by atoms with E-state index in [2.05, 4.69) is 9.98 Å². The third-order valence-electron chi connectivity index (χ3n) is 3.49. The second-order valence-corrected chi connectivity index (χ2v) is 6.61. The van der Waals surface area contributed by atoms with Gasteiger partial charge in [0.05, 0.1) is 17.6 Å². The van der Waals surface area contributed by atoms with Crippen molar-refractivity contribution < 1.29 is 5.11 Å². The van der Waals surface area contributed by atoms with E-state index in [0.29, 0.717) is 14.5 Å². The maximum absolute atomic E-state index is 12.7. The predicted molar refractivity (Wildman–Crippen MR) is 94.2 cm³/mol. The summed E-state index contributed by atoms with van der Waals surface area (Å²) in [7, 11) is 1.81. The molecular weight excluding hydrogens is 332 g/mol. The molecule has 0 saturated carbocycles. The Balaban J connectivity index is 2.10. The molecule has 3 rings (SSSR count).